The van der Waals surface area contributed by atoms with Gasteiger partial charge in [-0.15, -0.1) is 0 Å². The first-order chi connectivity index (χ1) is 11.0. The Balaban J connectivity index is 1.90. The number of hydrogen-bond acceptors (Lipinski definition) is 1. The lowest BCUT2D eigenvalue weighted by Gasteiger charge is -2.08. The van der Waals surface area contributed by atoms with Crippen molar-refractivity contribution in [1.29, 1.82) is 0 Å². The van der Waals surface area contributed by atoms with Crippen molar-refractivity contribution in [2.75, 3.05) is 0 Å². The smallest absolute Gasteiger partial charge is 0.263 e. The van der Waals surface area contributed by atoms with E-state index in [1.54, 1.807) is 10.8 Å². The first kappa shape index (κ1) is 15.3. The molecule has 23 heavy (non-hydrogen) atoms. The van der Waals surface area contributed by atoms with Crippen LogP contribution in [0.15, 0.2) is 55.0 Å². The third-order valence-corrected chi connectivity index (χ3v) is 3.44. The van der Waals surface area contributed by atoms with Crippen LogP contribution in [0.25, 0.3) is 11.1 Å². The molecular formula is C17H12F4N2. The molecule has 0 atom stereocenters. The van der Waals surface area contributed by atoms with Gasteiger partial charge in [-0.1, -0.05) is 24.3 Å². The Kier molecular flexibility index (Phi) is 4.14. The van der Waals surface area contributed by atoms with Crippen molar-refractivity contribution in [3.05, 3.63) is 77.9 Å². The van der Waals surface area contributed by atoms with Gasteiger partial charge < -0.3 is 4.57 Å². The predicted octanol–water partition coefficient (Wildman–Crippen LogP) is 4.81. The highest BCUT2D eigenvalue weighted by Crippen LogP contribution is 2.26. The molecule has 0 aliphatic carbocycles. The van der Waals surface area contributed by atoms with E-state index in [2.05, 4.69) is 4.98 Å². The molecule has 0 aliphatic rings. The number of nitrogens with zero attached hydrogens (tertiary/aromatic N) is 2. The average Bonchev–Trinajstić information content (AvgIpc) is 2.94. The minimum absolute atomic E-state index is 0.119. The summed E-state index contributed by atoms with van der Waals surface area (Å²) >= 11 is 0. The van der Waals surface area contributed by atoms with E-state index in [0.717, 1.165) is 6.20 Å². The van der Waals surface area contributed by atoms with E-state index in [-0.39, 0.29) is 23.5 Å². The quantitative estimate of drug-likeness (QED) is 0.631. The lowest BCUT2D eigenvalue weighted by molar-refractivity contribution is 0.151. The maximum Gasteiger partial charge on any atom is 0.263 e. The summed E-state index contributed by atoms with van der Waals surface area (Å²) < 4.78 is 53.7. The molecule has 0 saturated carbocycles. The molecule has 0 saturated heterocycles. The van der Waals surface area contributed by atoms with Crippen molar-refractivity contribution in [2.45, 2.75) is 13.0 Å². The van der Waals surface area contributed by atoms with Crippen LogP contribution in [0.4, 0.5) is 17.6 Å². The van der Waals surface area contributed by atoms with Gasteiger partial charge in [0.25, 0.3) is 6.43 Å². The standard InChI is InChI=1S/C17H12F4N2/c18-13-5-6-23(9-13)10-14-7-15(16(19)8-22-14)11-1-3-12(4-2-11)17(20)21/h1-9,17H,10H2. The molecule has 0 spiro atoms. The Morgan fingerprint density at radius 3 is 2.39 bits per heavy atom. The van der Waals surface area contributed by atoms with E-state index < -0.39 is 12.2 Å². The maximum atomic E-state index is 14.0. The van der Waals surface area contributed by atoms with Crippen LogP contribution in [-0.2, 0) is 6.54 Å². The van der Waals surface area contributed by atoms with Gasteiger partial charge in [-0.3, -0.25) is 4.98 Å². The van der Waals surface area contributed by atoms with E-state index in [4.69, 9.17) is 0 Å². The topological polar surface area (TPSA) is 17.8 Å². The second kappa shape index (κ2) is 6.24. The molecule has 118 valence electrons. The number of aromatic nitrogens is 2. The summed E-state index contributed by atoms with van der Waals surface area (Å²) in [5.74, 6) is -0.910. The monoisotopic (exact) mass is 320 g/mol. The fourth-order valence-electron chi connectivity index (χ4n) is 2.29. The first-order valence-corrected chi connectivity index (χ1v) is 6.87. The lowest BCUT2D eigenvalue weighted by Crippen LogP contribution is -2.00. The number of alkyl halides is 2. The molecule has 0 N–H and O–H groups in total. The predicted molar refractivity (Wildman–Crippen MR) is 78.1 cm³/mol. The second-order valence-corrected chi connectivity index (χ2v) is 5.08. The van der Waals surface area contributed by atoms with E-state index >= 15 is 0 Å². The molecule has 0 unspecified atom stereocenters. The van der Waals surface area contributed by atoms with Crippen LogP contribution in [0.5, 0.6) is 0 Å². The van der Waals surface area contributed by atoms with Gasteiger partial charge in [-0.2, -0.15) is 0 Å². The molecule has 0 fully saturated rings. The number of hydrogen-bond donors (Lipinski definition) is 0. The van der Waals surface area contributed by atoms with Crippen LogP contribution < -0.4 is 0 Å². The third-order valence-electron chi connectivity index (χ3n) is 3.44. The van der Waals surface area contributed by atoms with Gasteiger partial charge in [0.05, 0.1) is 18.4 Å². The molecule has 0 radical (unpaired) electrons. The SMILES string of the molecule is Fc1ccn(Cc2cc(-c3ccc(C(F)F)cc3)c(F)cn2)c1. The lowest BCUT2D eigenvalue weighted by atomic mass is 10.0. The summed E-state index contributed by atoms with van der Waals surface area (Å²) in [6, 6.07) is 8.26. The normalized spacial score (nSPS) is 11.2. The fraction of sp³-hybridized carbons (Fsp3) is 0.118. The van der Waals surface area contributed by atoms with Crippen molar-refractivity contribution >= 4 is 0 Å². The molecule has 3 aromatic rings. The largest absolute Gasteiger partial charge is 0.345 e. The van der Waals surface area contributed by atoms with Crippen molar-refractivity contribution in [1.82, 2.24) is 9.55 Å². The van der Waals surface area contributed by atoms with Gasteiger partial charge in [0, 0.05) is 23.5 Å². The van der Waals surface area contributed by atoms with Gasteiger partial charge >= 0.3 is 0 Å². The maximum absolute atomic E-state index is 14.0. The molecular weight excluding hydrogens is 308 g/mol. The Morgan fingerprint density at radius 2 is 1.78 bits per heavy atom. The highest BCUT2D eigenvalue weighted by atomic mass is 19.3. The average molecular weight is 320 g/mol. The summed E-state index contributed by atoms with van der Waals surface area (Å²) in [7, 11) is 0. The molecule has 6 heteroatoms. The number of halogens is 4. The molecule has 1 aromatic carbocycles. The van der Waals surface area contributed by atoms with Gasteiger partial charge in [-0.25, -0.2) is 17.6 Å². The summed E-state index contributed by atoms with van der Waals surface area (Å²) in [5, 5.41) is 0. The Bertz CT molecular complexity index is 810. The van der Waals surface area contributed by atoms with E-state index in [0.29, 0.717) is 11.3 Å². The summed E-state index contributed by atoms with van der Waals surface area (Å²) in [5.41, 5.74) is 1.17. The van der Waals surface area contributed by atoms with Crippen molar-refractivity contribution < 1.29 is 17.6 Å². The molecule has 0 bridgehead atoms. The molecule has 0 amide bonds. The fourth-order valence-corrected chi connectivity index (χ4v) is 2.29. The third kappa shape index (κ3) is 3.41. The molecule has 3 rings (SSSR count). The highest BCUT2D eigenvalue weighted by molar-refractivity contribution is 5.64. The number of benzene rings is 1. The van der Waals surface area contributed by atoms with Gasteiger partial charge in [-0.05, 0) is 17.7 Å². The zero-order valence-electron chi connectivity index (χ0n) is 11.9. The summed E-state index contributed by atoms with van der Waals surface area (Å²) in [4.78, 5) is 3.98. The van der Waals surface area contributed by atoms with Crippen LogP contribution in [-0.4, -0.2) is 9.55 Å². The minimum atomic E-state index is -2.56. The van der Waals surface area contributed by atoms with Crippen LogP contribution in [0.1, 0.15) is 17.7 Å². The van der Waals surface area contributed by atoms with E-state index in [1.165, 1.54) is 42.6 Å². The molecule has 2 aromatic heterocycles. The van der Waals surface area contributed by atoms with Crippen LogP contribution in [0.3, 0.4) is 0 Å². The summed E-state index contributed by atoms with van der Waals surface area (Å²) in [6.07, 6.45) is 1.37. The number of pyridine rings is 1. The Morgan fingerprint density at radius 1 is 1.04 bits per heavy atom. The molecule has 2 heterocycles. The molecule has 0 aliphatic heterocycles. The highest BCUT2D eigenvalue weighted by Gasteiger charge is 2.11. The van der Waals surface area contributed by atoms with E-state index in [1.807, 2.05) is 0 Å². The zero-order valence-corrected chi connectivity index (χ0v) is 11.9. The second-order valence-electron chi connectivity index (χ2n) is 5.08. The van der Waals surface area contributed by atoms with Crippen molar-refractivity contribution in [2.24, 2.45) is 0 Å². The minimum Gasteiger partial charge on any atom is -0.345 e. The van der Waals surface area contributed by atoms with Crippen molar-refractivity contribution in [3.63, 3.8) is 0 Å². The van der Waals surface area contributed by atoms with Gasteiger partial charge in [0.1, 0.15) is 11.6 Å². The van der Waals surface area contributed by atoms with Crippen molar-refractivity contribution in [3.8, 4) is 11.1 Å². The van der Waals surface area contributed by atoms with Gasteiger partial charge in [0.2, 0.25) is 0 Å². The summed E-state index contributed by atoms with van der Waals surface area (Å²) in [6.45, 7) is 0.284. The Hall–Kier alpha value is -2.63. The van der Waals surface area contributed by atoms with Crippen LogP contribution >= 0.6 is 0 Å². The Labute approximate surface area is 130 Å². The first-order valence-electron chi connectivity index (χ1n) is 6.87. The van der Waals surface area contributed by atoms with Gasteiger partial charge in [0.15, 0.2) is 0 Å². The molecule has 2 nitrogen and oxygen atoms in total. The zero-order chi connectivity index (χ0) is 16.4. The van der Waals surface area contributed by atoms with Crippen LogP contribution in [0, 0.1) is 11.6 Å². The number of rotatable bonds is 4. The van der Waals surface area contributed by atoms with E-state index in [9.17, 15) is 17.6 Å². The van der Waals surface area contributed by atoms with Crippen LogP contribution in [0.2, 0.25) is 0 Å².